The predicted molar refractivity (Wildman–Crippen MR) is 70.0 cm³/mol. The fourth-order valence-corrected chi connectivity index (χ4v) is 2.78. The fraction of sp³-hybridized carbons (Fsp3) is 0.167. The molecule has 90 valence electrons. The van der Waals surface area contributed by atoms with Crippen LogP contribution in [0.2, 0.25) is 0 Å². The largest absolute Gasteiger partial charge is 0.324 e. The minimum atomic E-state index is -0.602. The van der Waals surface area contributed by atoms with Crippen molar-refractivity contribution in [2.75, 3.05) is 0 Å². The highest BCUT2D eigenvalue weighted by Gasteiger charge is 2.13. The second-order valence-corrected chi connectivity index (χ2v) is 5.71. The molecule has 0 saturated carbocycles. The minimum absolute atomic E-state index is 0.0827. The van der Waals surface area contributed by atoms with Crippen molar-refractivity contribution in [1.82, 2.24) is 0 Å². The molecule has 2 aromatic rings. The normalized spacial score (nSPS) is 12.8. The summed E-state index contributed by atoms with van der Waals surface area (Å²) < 4.78 is 27.0. The standard InChI is InChI=1S/C12H10BrF2NS/c1-6(16)11-2-3-12(17-11)7-4-8(13)10(15)5-9(7)14/h2-6H,16H2,1H3. The quantitative estimate of drug-likeness (QED) is 0.812. The summed E-state index contributed by atoms with van der Waals surface area (Å²) in [6.07, 6.45) is 0. The Bertz CT molecular complexity index is 551. The first-order valence-corrected chi connectivity index (χ1v) is 6.60. The van der Waals surface area contributed by atoms with Crippen LogP contribution in [0.25, 0.3) is 10.4 Å². The van der Waals surface area contributed by atoms with Crippen molar-refractivity contribution in [2.24, 2.45) is 5.73 Å². The Labute approximate surface area is 110 Å². The molecule has 0 aliphatic heterocycles. The van der Waals surface area contributed by atoms with Crippen molar-refractivity contribution in [3.8, 4) is 10.4 Å². The Morgan fingerprint density at radius 2 is 1.94 bits per heavy atom. The van der Waals surface area contributed by atoms with Crippen LogP contribution >= 0.6 is 27.3 Å². The van der Waals surface area contributed by atoms with Crippen LogP contribution in [0.3, 0.4) is 0 Å². The molecule has 17 heavy (non-hydrogen) atoms. The topological polar surface area (TPSA) is 26.0 Å². The first kappa shape index (κ1) is 12.7. The van der Waals surface area contributed by atoms with Crippen molar-refractivity contribution in [3.63, 3.8) is 0 Å². The van der Waals surface area contributed by atoms with Gasteiger partial charge in [-0.3, -0.25) is 0 Å². The van der Waals surface area contributed by atoms with Gasteiger partial charge in [0.05, 0.1) is 4.47 Å². The Kier molecular flexibility index (Phi) is 3.61. The molecule has 2 N–H and O–H groups in total. The van der Waals surface area contributed by atoms with Crippen molar-refractivity contribution >= 4 is 27.3 Å². The highest BCUT2D eigenvalue weighted by atomic mass is 79.9. The molecule has 0 aliphatic carbocycles. The molecule has 5 heteroatoms. The van der Waals surface area contributed by atoms with E-state index in [4.69, 9.17) is 5.73 Å². The van der Waals surface area contributed by atoms with Crippen LogP contribution in [0.1, 0.15) is 17.8 Å². The van der Waals surface area contributed by atoms with Gasteiger partial charge in [0.1, 0.15) is 11.6 Å². The van der Waals surface area contributed by atoms with E-state index < -0.39 is 11.6 Å². The van der Waals surface area contributed by atoms with Gasteiger partial charge in [-0.25, -0.2) is 8.78 Å². The van der Waals surface area contributed by atoms with Crippen LogP contribution < -0.4 is 5.73 Å². The van der Waals surface area contributed by atoms with E-state index in [1.54, 1.807) is 6.07 Å². The van der Waals surface area contributed by atoms with Gasteiger partial charge in [0, 0.05) is 27.4 Å². The van der Waals surface area contributed by atoms with E-state index in [0.717, 1.165) is 15.8 Å². The average molecular weight is 318 g/mol. The smallest absolute Gasteiger partial charge is 0.140 e. The first-order valence-electron chi connectivity index (χ1n) is 4.99. The molecule has 1 nitrogen and oxygen atoms in total. The molecule has 1 heterocycles. The summed E-state index contributed by atoms with van der Waals surface area (Å²) in [6.45, 7) is 1.87. The lowest BCUT2D eigenvalue weighted by atomic mass is 10.1. The maximum Gasteiger partial charge on any atom is 0.140 e. The summed E-state index contributed by atoms with van der Waals surface area (Å²) >= 11 is 4.47. The van der Waals surface area contributed by atoms with Crippen LogP contribution in [0.4, 0.5) is 8.78 Å². The summed E-state index contributed by atoms with van der Waals surface area (Å²) in [5.74, 6) is -1.17. The highest BCUT2D eigenvalue weighted by molar-refractivity contribution is 9.10. The van der Waals surface area contributed by atoms with E-state index in [1.165, 1.54) is 17.4 Å². The molecule has 0 fully saturated rings. The Balaban J connectivity index is 2.49. The van der Waals surface area contributed by atoms with Gasteiger partial charge in [-0.05, 0) is 41.1 Å². The number of nitrogens with two attached hydrogens (primary N) is 1. The van der Waals surface area contributed by atoms with E-state index in [0.29, 0.717) is 5.56 Å². The molecular formula is C12H10BrF2NS. The SMILES string of the molecule is CC(N)c1ccc(-c2cc(Br)c(F)cc2F)s1. The van der Waals surface area contributed by atoms with Gasteiger partial charge in [-0.1, -0.05) is 0 Å². The van der Waals surface area contributed by atoms with Crippen molar-refractivity contribution < 1.29 is 8.78 Å². The van der Waals surface area contributed by atoms with Crippen LogP contribution in [0, 0.1) is 11.6 Å². The lowest BCUT2D eigenvalue weighted by molar-refractivity contribution is 0.581. The molecular weight excluding hydrogens is 308 g/mol. The molecule has 1 aromatic carbocycles. The second kappa shape index (κ2) is 4.84. The Morgan fingerprint density at radius 1 is 1.24 bits per heavy atom. The van der Waals surface area contributed by atoms with Crippen molar-refractivity contribution in [1.29, 1.82) is 0 Å². The van der Waals surface area contributed by atoms with Gasteiger partial charge in [0.15, 0.2) is 0 Å². The zero-order valence-electron chi connectivity index (χ0n) is 9.01. The molecule has 1 unspecified atom stereocenters. The van der Waals surface area contributed by atoms with E-state index in [1.807, 2.05) is 13.0 Å². The van der Waals surface area contributed by atoms with Crippen LogP contribution in [-0.4, -0.2) is 0 Å². The van der Waals surface area contributed by atoms with Crippen molar-refractivity contribution in [2.45, 2.75) is 13.0 Å². The summed E-state index contributed by atoms with van der Waals surface area (Å²) in [5, 5.41) is 0. The Hall–Kier alpha value is -0.780. The number of hydrogen-bond acceptors (Lipinski definition) is 2. The molecule has 0 aliphatic rings. The zero-order chi connectivity index (χ0) is 12.6. The molecule has 0 spiro atoms. The predicted octanol–water partition coefficient (Wildman–Crippen LogP) is 4.48. The van der Waals surface area contributed by atoms with Gasteiger partial charge < -0.3 is 5.73 Å². The zero-order valence-corrected chi connectivity index (χ0v) is 11.4. The van der Waals surface area contributed by atoms with Crippen molar-refractivity contribution in [3.05, 3.63) is 45.2 Å². The van der Waals surface area contributed by atoms with E-state index in [2.05, 4.69) is 15.9 Å². The lowest BCUT2D eigenvalue weighted by Gasteiger charge is -2.03. The summed E-state index contributed by atoms with van der Waals surface area (Å²) in [4.78, 5) is 1.72. The molecule has 1 atom stereocenters. The van der Waals surface area contributed by atoms with E-state index in [9.17, 15) is 8.78 Å². The maximum absolute atomic E-state index is 13.6. The van der Waals surface area contributed by atoms with Crippen LogP contribution in [0.15, 0.2) is 28.7 Å². The number of thiophene rings is 1. The number of rotatable bonds is 2. The second-order valence-electron chi connectivity index (χ2n) is 3.74. The van der Waals surface area contributed by atoms with Gasteiger partial charge in [0.2, 0.25) is 0 Å². The molecule has 1 aromatic heterocycles. The molecule has 0 saturated heterocycles. The van der Waals surface area contributed by atoms with Gasteiger partial charge in [-0.15, -0.1) is 11.3 Å². The lowest BCUT2D eigenvalue weighted by Crippen LogP contribution is -2.01. The molecule has 2 rings (SSSR count). The third-order valence-electron chi connectivity index (χ3n) is 2.35. The molecule has 0 bridgehead atoms. The first-order chi connectivity index (χ1) is 7.99. The molecule has 0 radical (unpaired) electrons. The third kappa shape index (κ3) is 2.56. The molecule has 0 amide bonds. The maximum atomic E-state index is 13.6. The number of hydrogen-bond donors (Lipinski definition) is 1. The monoisotopic (exact) mass is 317 g/mol. The highest BCUT2D eigenvalue weighted by Crippen LogP contribution is 2.34. The fourth-order valence-electron chi connectivity index (χ4n) is 1.45. The summed E-state index contributed by atoms with van der Waals surface area (Å²) in [7, 11) is 0. The van der Waals surface area contributed by atoms with Gasteiger partial charge >= 0.3 is 0 Å². The van der Waals surface area contributed by atoms with Crippen LogP contribution in [-0.2, 0) is 0 Å². The minimum Gasteiger partial charge on any atom is -0.324 e. The summed E-state index contributed by atoms with van der Waals surface area (Å²) in [5.41, 5.74) is 6.13. The van der Waals surface area contributed by atoms with Gasteiger partial charge in [-0.2, -0.15) is 0 Å². The van der Waals surface area contributed by atoms with Gasteiger partial charge in [0.25, 0.3) is 0 Å². The van der Waals surface area contributed by atoms with E-state index >= 15 is 0 Å². The number of benzene rings is 1. The summed E-state index contributed by atoms with van der Waals surface area (Å²) in [6, 6.07) is 5.90. The third-order valence-corrected chi connectivity index (χ3v) is 4.28. The van der Waals surface area contributed by atoms with E-state index in [-0.39, 0.29) is 10.5 Å². The average Bonchev–Trinajstić information content (AvgIpc) is 2.72. The Morgan fingerprint density at radius 3 is 2.53 bits per heavy atom. The number of halogens is 3. The van der Waals surface area contributed by atoms with Crippen LogP contribution in [0.5, 0.6) is 0 Å².